The van der Waals surface area contributed by atoms with Crippen molar-refractivity contribution < 1.29 is 13.2 Å². The van der Waals surface area contributed by atoms with Gasteiger partial charge in [-0.15, -0.1) is 11.3 Å². The molecule has 0 aliphatic heterocycles. The lowest BCUT2D eigenvalue weighted by molar-refractivity contribution is 0.102. The summed E-state index contributed by atoms with van der Waals surface area (Å²) in [5, 5.41) is 3.86. The number of halogens is 1. The second-order valence-electron chi connectivity index (χ2n) is 7.37. The van der Waals surface area contributed by atoms with Gasteiger partial charge in [-0.3, -0.25) is 4.79 Å². The van der Waals surface area contributed by atoms with Crippen molar-refractivity contribution in [2.24, 2.45) is 0 Å². The lowest BCUT2D eigenvalue weighted by Crippen LogP contribution is -2.30. The Labute approximate surface area is 176 Å². The number of aromatic nitrogens is 1. The average molecular weight is 444 g/mol. The van der Waals surface area contributed by atoms with Crippen LogP contribution in [0, 0.1) is 6.92 Å². The molecule has 1 aromatic heterocycles. The first-order valence-electron chi connectivity index (χ1n) is 9.00. The van der Waals surface area contributed by atoms with Gasteiger partial charge in [-0.1, -0.05) is 46.2 Å². The maximum absolute atomic E-state index is 12.8. The maximum Gasteiger partial charge on any atom is 0.267 e. The Balaban J connectivity index is 2.37. The standard InChI is InChI=1S/C19H26ClN3O3S2/c1-7-23(8-2)28(25,26)13-9-10-14(20)15(11-13)22-17(24)16-12(3)21-18(27-16)19(4,5)6/h9-11H,7-8H2,1-6H3,(H,22,24). The van der Waals surface area contributed by atoms with Crippen LogP contribution in [0.5, 0.6) is 0 Å². The van der Waals surface area contributed by atoms with E-state index in [1.807, 2.05) is 20.8 Å². The molecule has 9 heteroatoms. The van der Waals surface area contributed by atoms with E-state index in [9.17, 15) is 13.2 Å². The average Bonchev–Trinajstić information content (AvgIpc) is 2.99. The molecule has 6 nitrogen and oxygen atoms in total. The van der Waals surface area contributed by atoms with Crippen molar-refractivity contribution in [3.05, 3.63) is 38.8 Å². The van der Waals surface area contributed by atoms with Crippen molar-refractivity contribution in [2.45, 2.75) is 51.9 Å². The summed E-state index contributed by atoms with van der Waals surface area (Å²) in [4.78, 5) is 17.8. The number of carbonyl (C=O) groups is 1. The molecule has 28 heavy (non-hydrogen) atoms. The lowest BCUT2D eigenvalue weighted by Gasteiger charge is -2.19. The van der Waals surface area contributed by atoms with Gasteiger partial charge >= 0.3 is 0 Å². The zero-order valence-electron chi connectivity index (χ0n) is 17.0. The fourth-order valence-corrected chi connectivity index (χ4v) is 5.25. The number of carbonyl (C=O) groups excluding carboxylic acids is 1. The second kappa shape index (κ2) is 8.49. The third kappa shape index (κ3) is 4.74. The Hall–Kier alpha value is -1.48. The molecule has 0 saturated heterocycles. The summed E-state index contributed by atoms with van der Waals surface area (Å²) >= 11 is 7.54. The SMILES string of the molecule is CCN(CC)S(=O)(=O)c1ccc(Cl)c(NC(=O)c2sc(C(C)(C)C)nc2C)c1. The minimum absolute atomic E-state index is 0.0901. The number of aryl methyl sites for hydroxylation is 1. The highest BCUT2D eigenvalue weighted by Gasteiger charge is 2.25. The molecule has 0 aliphatic rings. The molecule has 1 heterocycles. The smallest absolute Gasteiger partial charge is 0.267 e. The number of nitrogens with zero attached hydrogens (tertiary/aromatic N) is 2. The molecule has 1 aromatic carbocycles. The summed E-state index contributed by atoms with van der Waals surface area (Å²) in [7, 11) is -3.65. The fourth-order valence-electron chi connectivity index (χ4n) is 2.58. The van der Waals surface area contributed by atoms with E-state index in [0.717, 1.165) is 5.01 Å². The monoisotopic (exact) mass is 443 g/mol. The molecule has 1 N–H and O–H groups in total. The number of amides is 1. The fraction of sp³-hybridized carbons (Fsp3) is 0.474. The topological polar surface area (TPSA) is 79.4 Å². The van der Waals surface area contributed by atoms with Gasteiger partial charge in [-0.2, -0.15) is 4.31 Å². The van der Waals surface area contributed by atoms with Crippen LogP contribution in [0.3, 0.4) is 0 Å². The Morgan fingerprint density at radius 3 is 2.36 bits per heavy atom. The van der Waals surface area contributed by atoms with Crippen LogP contribution in [0.1, 0.15) is 55.0 Å². The molecule has 154 valence electrons. The Morgan fingerprint density at radius 1 is 1.25 bits per heavy atom. The van der Waals surface area contributed by atoms with Crippen molar-refractivity contribution in [2.75, 3.05) is 18.4 Å². The van der Waals surface area contributed by atoms with E-state index < -0.39 is 10.0 Å². The molecule has 0 bridgehead atoms. The van der Waals surface area contributed by atoms with Crippen LogP contribution >= 0.6 is 22.9 Å². The molecule has 0 fully saturated rings. The molecule has 0 radical (unpaired) electrons. The summed E-state index contributed by atoms with van der Waals surface area (Å²) in [6.45, 7) is 12.2. The van der Waals surface area contributed by atoms with Gasteiger partial charge in [0.2, 0.25) is 10.0 Å². The van der Waals surface area contributed by atoms with Crippen LogP contribution in [0.4, 0.5) is 5.69 Å². The number of sulfonamides is 1. The van der Waals surface area contributed by atoms with Gasteiger partial charge in [0.05, 0.1) is 26.3 Å². The Bertz CT molecular complexity index is 975. The van der Waals surface area contributed by atoms with Crippen LogP contribution in [0.2, 0.25) is 5.02 Å². The van der Waals surface area contributed by atoms with Gasteiger partial charge in [-0.25, -0.2) is 13.4 Å². The highest BCUT2D eigenvalue weighted by molar-refractivity contribution is 7.89. The first kappa shape index (κ1) is 22.8. The van der Waals surface area contributed by atoms with Gasteiger partial charge < -0.3 is 5.32 Å². The molecule has 0 saturated carbocycles. The summed E-state index contributed by atoms with van der Waals surface area (Å²) < 4.78 is 26.8. The van der Waals surface area contributed by atoms with Crippen LogP contribution in [0.25, 0.3) is 0 Å². The van der Waals surface area contributed by atoms with Gasteiger partial charge in [0.15, 0.2) is 0 Å². The van der Waals surface area contributed by atoms with Crippen LogP contribution in [-0.4, -0.2) is 36.7 Å². The van der Waals surface area contributed by atoms with Crippen LogP contribution in [-0.2, 0) is 15.4 Å². The molecule has 0 atom stereocenters. The van der Waals surface area contributed by atoms with Gasteiger partial charge in [0.1, 0.15) is 4.88 Å². The van der Waals surface area contributed by atoms with Crippen LogP contribution in [0.15, 0.2) is 23.1 Å². The van der Waals surface area contributed by atoms with Crippen molar-refractivity contribution in [1.82, 2.24) is 9.29 Å². The predicted octanol–water partition coefficient (Wildman–Crippen LogP) is 4.69. The molecule has 2 rings (SSSR count). The van der Waals surface area contributed by atoms with Gasteiger partial charge in [-0.05, 0) is 25.1 Å². The molecule has 0 aliphatic carbocycles. The summed E-state index contributed by atoms with van der Waals surface area (Å²) in [6.07, 6.45) is 0. The second-order valence-corrected chi connectivity index (χ2v) is 10.7. The van der Waals surface area contributed by atoms with Crippen molar-refractivity contribution in [1.29, 1.82) is 0 Å². The van der Waals surface area contributed by atoms with Crippen molar-refractivity contribution in [3.63, 3.8) is 0 Å². The molecular formula is C19H26ClN3O3S2. The minimum atomic E-state index is -3.65. The first-order valence-corrected chi connectivity index (χ1v) is 11.6. The summed E-state index contributed by atoms with van der Waals surface area (Å²) in [5.74, 6) is -0.357. The lowest BCUT2D eigenvalue weighted by atomic mass is 9.98. The van der Waals surface area contributed by atoms with Crippen LogP contribution < -0.4 is 5.32 Å². The normalized spacial score (nSPS) is 12.4. The van der Waals surface area contributed by atoms with Crippen molar-refractivity contribution in [3.8, 4) is 0 Å². The van der Waals surface area contributed by atoms with E-state index >= 15 is 0 Å². The third-order valence-corrected chi connectivity index (χ3v) is 8.13. The van der Waals surface area contributed by atoms with E-state index in [4.69, 9.17) is 11.6 Å². The number of hydrogen-bond donors (Lipinski definition) is 1. The van der Waals surface area contributed by atoms with E-state index in [-0.39, 0.29) is 26.9 Å². The van der Waals surface area contributed by atoms with Gasteiger partial charge in [0.25, 0.3) is 5.91 Å². The highest BCUT2D eigenvalue weighted by atomic mass is 35.5. The molecule has 2 aromatic rings. The molecule has 0 unspecified atom stereocenters. The van der Waals surface area contributed by atoms with E-state index in [0.29, 0.717) is 23.7 Å². The maximum atomic E-state index is 12.8. The zero-order valence-corrected chi connectivity index (χ0v) is 19.3. The molecular weight excluding hydrogens is 418 g/mol. The number of anilines is 1. The summed E-state index contributed by atoms with van der Waals surface area (Å²) in [6, 6.07) is 4.32. The quantitative estimate of drug-likeness (QED) is 0.702. The first-order chi connectivity index (χ1) is 12.9. The van der Waals surface area contributed by atoms with E-state index in [1.165, 1.54) is 33.8 Å². The van der Waals surface area contributed by atoms with E-state index in [1.54, 1.807) is 20.8 Å². The largest absolute Gasteiger partial charge is 0.320 e. The Morgan fingerprint density at radius 2 is 1.86 bits per heavy atom. The molecule has 1 amide bonds. The van der Waals surface area contributed by atoms with E-state index in [2.05, 4.69) is 10.3 Å². The molecule has 0 spiro atoms. The van der Waals surface area contributed by atoms with Crippen molar-refractivity contribution >= 4 is 44.6 Å². The third-order valence-electron chi connectivity index (χ3n) is 4.17. The number of nitrogens with one attached hydrogen (secondary N) is 1. The predicted molar refractivity (Wildman–Crippen MR) is 115 cm³/mol. The summed E-state index contributed by atoms with van der Waals surface area (Å²) in [5.41, 5.74) is 0.726. The zero-order chi connectivity index (χ0) is 21.3. The number of thiazole rings is 1. The Kier molecular flexibility index (Phi) is 6.91. The number of rotatable bonds is 6. The minimum Gasteiger partial charge on any atom is -0.320 e. The number of benzene rings is 1. The van der Waals surface area contributed by atoms with Gasteiger partial charge in [0, 0.05) is 18.5 Å². The number of hydrogen-bond acceptors (Lipinski definition) is 5. The highest BCUT2D eigenvalue weighted by Crippen LogP contribution is 2.31.